The molecule has 0 heterocycles. The van der Waals surface area contributed by atoms with E-state index in [4.69, 9.17) is 10.2 Å². The smallest absolute Gasteiger partial charge is 0.217 e. The maximum Gasteiger partial charge on any atom is 0.217 e. The topological polar surface area (TPSA) is 107 Å². The minimum atomic E-state index is -4.41. The van der Waals surface area contributed by atoms with Gasteiger partial charge in [0.1, 0.15) is 12.1 Å². The molecule has 0 bridgehead atoms. The molecule has 0 aromatic heterocycles. The van der Waals surface area contributed by atoms with Gasteiger partial charge in [0.15, 0.2) is 0 Å². The third-order valence-electron chi connectivity index (χ3n) is 3.00. The Kier molecular flexibility index (Phi) is 8.94. The van der Waals surface area contributed by atoms with E-state index in [0.717, 1.165) is 7.11 Å². The second kappa shape index (κ2) is 7.96. The van der Waals surface area contributed by atoms with Crippen LogP contribution in [0.5, 0.6) is 0 Å². The van der Waals surface area contributed by atoms with E-state index in [2.05, 4.69) is 4.18 Å². The van der Waals surface area contributed by atoms with Crippen molar-refractivity contribution in [3.63, 3.8) is 0 Å². The van der Waals surface area contributed by atoms with Gasteiger partial charge in [-0.15, -0.1) is 0 Å². The van der Waals surface area contributed by atoms with Crippen LogP contribution in [0.15, 0.2) is 0 Å². The molecule has 0 aromatic rings. The lowest BCUT2D eigenvalue weighted by Gasteiger charge is -2.39. The van der Waals surface area contributed by atoms with E-state index in [1.807, 2.05) is 27.9 Å². The normalized spacial score (nSPS) is 15.8. The molecule has 7 nitrogen and oxygen atoms in total. The van der Waals surface area contributed by atoms with Gasteiger partial charge in [-0.3, -0.25) is 4.18 Å². The molecule has 0 radical (unpaired) electrons. The average Bonchev–Trinajstić information content (AvgIpc) is 2.26. The summed E-state index contributed by atoms with van der Waals surface area (Å²) in [5.74, 6) is 0. The van der Waals surface area contributed by atoms with Crippen LogP contribution in [0.1, 0.15) is 13.8 Å². The number of rotatable bonds is 5. The second-order valence-electron chi connectivity index (χ2n) is 4.27. The molecule has 0 rings (SSSR count). The Morgan fingerprint density at radius 1 is 1.18 bits per heavy atom. The van der Waals surface area contributed by atoms with E-state index in [0.29, 0.717) is 4.48 Å². The van der Waals surface area contributed by atoms with Gasteiger partial charge < -0.3 is 19.2 Å². The molecule has 0 aliphatic heterocycles. The SMILES string of the molecule is CC(CO)[N+](C)(C)C(C)CO.COS(=O)(=O)[O-]. The van der Waals surface area contributed by atoms with Gasteiger partial charge in [-0.05, 0) is 13.8 Å². The molecule has 0 spiro atoms. The first kappa shape index (κ1) is 19.1. The number of quaternary nitrogens is 1. The van der Waals surface area contributed by atoms with Crippen LogP contribution in [-0.2, 0) is 14.6 Å². The fraction of sp³-hybridized carbons (Fsp3) is 1.00. The first-order chi connectivity index (χ1) is 7.52. The average molecular weight is 273 g/mol. The van der Waals surface area contributed by atoms with Crippen LogP contribution in [0.2, 0.25) is 0 Å². The quantitative estimate of drug-likeness (QED) is 0.375. The summed E-state index contributed by atoms with van der Waals surface area (Å²) in [4.78, 5) is 0. The van der Waals surface area contributed by atoms with Crippen molar-refractivity contribution in [1.82, 2.24) is 0 Å². The molecule has 0 fully saturated rings. The lowest BCUT2D eigenvalue weighted by Crippen LogP contribution is -2.56. The van der Waals surface area contributed by atoms with Crippen molar-refractivity contribution in [2.45, 2.75) is 25.9 Å². The van der Waals surface area contributed by atoms with Crippen molar-refractivity contribution in [2.75, 3.05) is 34.4 Å². The number of hydrogen-bond acceptors (Lipinski definition) is 6. The number of hydrogen-bond donors (Lipinski definition) is 2. The van der Waals surface area contributed by atoms with E-state index in [-0.39, 0.29) is 25.3 Å². The monoisotopic (exact) mass is 273 g/mol. The predicted molar refractivity (Wildman–Crippen MR) is 61.9 cm³/mol. The Morgan fingerprint density at radius 2 is 1.41 bits per heavy atom. The number of aliphatic hydroxyl groups is 2. The summed E-state index contributed by atoms with van der Waals surface area (Å²) in [6, 6.07) is 0.356. The van der Waals surface area contributed by atoms with Crippen LogP contribution >= 0.6 is 0 Å². The van der Waals surface area contributed by atoms with Crippen LogP contribution < -0.4 is 0 Å². The molecule has 0 aromatic carbocycles. The lowest BCUT2D eigenvalue weighted by molar-refractivity contribution is -0.935. The van der Waals surface area contributed by atoms with Crippen molar-refractivity contribution in [3.8, 4) is 0 Å². The summed E-state index contributed by atoms with van der Waals surface area (Å²) >= 11 is 0. The van der Waals surface area contributed by atoms with Gasteiger partial charge in [0, 0.05) is 0 Å². The van der Waals surface area contributed by atoms with Gasteiger partial charge in [-0.2, -0.15) is 0 Å². The summed E-state index contributed by atoms with van der Waals surface area (Å²) < 4.78 is 31.7. The summed E-state index contributed by atoms with van der Waals surface area (Å²) in [7, 11) is 0.427. The van der Waals surface area contributed by atoms with Gasteiger partial charge in [0.2, 0.25) is 10.4 Å². The predicted octanol–water partition coefficient (Wildman–Crippen LogP) is -1.08. The van der Waals surface area contributed by atoms with Crippen LogP contribution in [0.3, 0.4) is 0 Å². The van der Waals surface area contributed by atoms with Crippen molar-refractivity contribution >= 4 is 10.4 Å². The lowest BCUT2D eigenvalue weighted by atomic mass is 10.2. The summed E-state index contributed by atoms with van der Waals surface area (Å²) in [5, 5.41) is 17.8. The second-order valence-corrected chi connectivity index (χ2v) is 5.42. The Labute approximate surface area is 103 Å². The fourth-order valence-corrected chi connectivity index (χ4v) is 0.855. The summed E-state index contributed by atoms with van der Waals surface area (Å²) in [5.41, 5.74) is 0. The Hall–Kier alpha value is -0.250. The standard InChI is InChI=1S/C8H20NO2.CH4O4S/c1-7(5-10)9(3,4)8(2)6-11;1-5-6(2,3)4/h7-8,10-11H,5-6H2,1-4H3;1H3,(H,2,3,4)/q+1;/p-1. The van der Waals surface area contributed by atoms with Gasteiger partial charge in [0.05, 0.1) is 34.4 Å². The largest absolute Gasteiger partial charge is 0.726 e. The molecule has 0 aliphatic rings. The van der Waals surface area contributed by atoms with E-state index < -0.39 is 10.4 Å². The highest BCUT2D eigenvalue weighted by Crippen LogP contribution is 2.11. The molecule has 2 N–H and O–H groups in total. The molecule has 0 saturated heterocycles. The van der Waals surface area contributed by atoms with Crippen LogP contribution in [0.25, 0.3) is 0 Å². The zero-order chi connectivity index (χ0) is 14.3. The van der Waals surface area contributed by atoms with Crippen molar-refractivity contribution < 1.29 is 31.8 Å². The maximum absolute atomic E-state index is 9.22. The van der Waals surface area contributed by atoms with Crippen molar-refractivity contribution in [1.29, 1.82) is 0 Å². The van der Waals surface area contributed by atoms with E-state index in [9.17, 15) is 13.0 Å². The number of likely N-dealkylation sites (N-methyl/N-ethyl adjacent to an activating group) is 1. The number of nitrogens with zero attached hydrogens (tertiary/aromatic N) is 1. The Balaban J connectivity index is 0. The van der Waals surface area contributed by atoms with Crippen LogP contribution in [0, 0.1) is 0 Å². The molecular weight excluding hydrogens is 250 g/mol. The molecule has 8 heteroatoms. The maximum atomic E-state index is 9.22. The molecule has 17 heavy (non-hydrogen) atoms. The molecule has 106 valence electrons. The van der Waals surface area contributed by atoms with E-state index in [1.165, 1.54) is 0 Å². The summed E-state index contributed by atoms with van der Waals surface area (Å²) in [6.45, 7) is 4.28. The van der Waals surface area contributed by atoms with Gasteiger partial charge >= 0.3 is 0 Å². The van der Waals surface area contributed by atoms with Crippen LogP contribution in [0.4, 0.5) is 0 Å². The molecule has 0 amide bonds. The third kappa shape index (κ3) is 8.47. The molecule has 0 aliphatic carbocycles. The third-order valence-corrected chi connectivity index (χ3v) is 3.41. The van der Waals surface area contributed by atoms with Gasteiger partial charge in [-0.25, -0.2) is 8.42 Å². The van der Waals surface area contributed by atoms with Gasteiger partial charge in [0.25, 0.3) is 0 Å². The molecule has 2 atom stereocenters. The number of aliphatic hydroxyl groups excluding tert-OH is 2. The van der Waals surface area contributed by atoms with Gasteiger partial charge in [-0.1, -0.05) is 0 Å². The molecular formula is C9H23NO6S. The zero-order valence-corrected chi connectivity index (χ0v) is 11.8. The highest BCUT2D eigenvalue weighted by molar-refractivity contribution is 7.80. The first-order valence-electron chi connectivity index (χ1n) is 5.09. The fourth-order valence-electron chi connectivity index (χ4n) is 0.855. The minimum absolute atomic E-state index is 0.164. The molecule has 2 unspecified atom stereocenters. The first-order valence-corrected chi connectivity index (χ1v) is 6.42. The van der Waals surface area contributed by atoms with E-state index >= 15 is 0 Å². The highest BCUT2D eigenvalue weighted by Gasteiger charge is 2.28. The Morgan fingerprint density at radius 3 is 1.53 bits per heavy atom. The van der Waals surface area contributed by atoms with E-state index in [1.54, 1.807) is 0 Å². The van der Waals surface area contributed by atoms with Crippen molar-refractivity contribution in [3.05, 3.63) is 0 Å². The van der Waals surface area contributed by atoms with Crippen molar-refractivity contribution in [2.24, 2.45) is 0 Å². The summed E-state index contributed by atoms with van der Waals surface area (Å²) in [6.07, 6.45) is 0. The highest BCUT2D eigenvalue weighted by atomic mass is 32.3. The minimum Gasteiger partial charge on any atom is -0.726 e. The molecule has 0 saturated carbocycles. The zero-order valence-electron chi connectivity index (χ0n) is 11.0. The Bertz CT molecular complexity index is 278. The van der Waals surface area contributed by atoms with Crippen LogP contribution in [-0.4, -0.2) is 74.2 Å².